The highest BCUT2D eigenvalue weighted by Crippen LogP contribution is 1.91. The maximum atomic E-state index is 11.1. The number of hydrogen-bond acceptors (Lipinski definition) is 1. The molecule has 1 atom stereocenters. The molecule has 1 amide bonds. The van der Waals surface area contributed by atoms with Crippen LogP contribution in [0.25, 0.3) is 0 Å². The number of primary amides is 1. The van der Waals surface area contributed by atoms with E-state index in [1.54, 1.807) is 0 Å². The second-order valence-corrected chi connectivity index (χ2v) is 1.09. The van der Waals surface area contributed by atoms with Crippen molar-refractivity contribution in [3.63, 3.8) is 0 Å². The Hall–Kier alpha value is -0.310. The predicted molar refractivity (Wildman–Crippen MR) is 19.9 cm³/mol. The van der Waals surface area contributed by atoms with Gasteiger partial charge in [-0.3, -0.25) is 4.79 Å². The molecule has 0 aromatic rings. The van der Waals surface area contributed by atoms with Gasteiger partial charge in [0.25, 0.3) is 11.5 Å². The number of carbonyl (C=O) groups is 1. The van der Waals surface area contributed by atoms with Crippen LogP contribution in [0.5, 0.6) is 0 Å². The monoisotopic (exact) mass is 111 g/mol. The van der Waals surface area contributed by atoms with Gasteiger partial charge in [0.2, 0.25) is 0 Å². The Kier molecular flexibility index (Phi) is 1.87. The van der Waals surface area contributed by atoms with Crippen LogP contribution in [0, 0.1) is 0 Å². The third-order valence-corrected chi connectivity index (χ3v) is 0.430. The average Bonchev–Trinajstić information content (AvgIpc) is 1.36. The second-order valence-electron chi connectivity index (χ2n) is 0.703. The van der Waals surface area contributed by atoms with Crippen LogP contribution in [-0.2, 0) is 4.79 Å². The van der Waals surface area contributed by atoms with Gasteiger partial charge in [-0.05, 0) is 0 Å². The molecule has 0 aliphatic heterocycles. The minimum atomic E-state index is -2.04. The van der Waals surface area contributed by atoms with Crippen LogP contribution in [0.1, 0.15) is 0 Å². The lowest BCUT2D eigenvalue weighted by Gasteiger charge is -1.84. The lowest BCUT2D eigenvalue weighted by Crippen LogP contribution is -2.18. The third-order valence-electron chi connectivity index (χ3n) is 0.215. The highest BCUT2D eigenvalue weighted by atomic mass is 35.5. The van der Waals surface area contributed by atoms with E-state index >= 15 is 0 Å². The molecular weight excluding hydrogens is 108 g/mol. The molecule has 0 saturated carbocycles. The summed E-state index contributed by atoms with van der Waals surface area (Å²) in [6.45, 7) is 0. The van der Waals surface area contributed by atoms with Gasteiger partial charge >= 0.3 is 0 Å². The third kappa shape index (κ3) is 1.96. The summed E-state index contributed by atoms with van der Waals surface area (Å²) in [5.41, 5.74) is 2.25. The highest BCUT2D eigenvalue weighted by molar-refractivity contribution is 6.29. The molecule has 0 aliphatic carbocycles. The Morgan fingerprint density at radius 3 is 2.17 bits per heavy atom. The maximum absolute atomic E-state index is 11.1. The molecule has 0 bridgehead atoms. The number of carbonyl (C=O) groups excluding carboxylic acids is 1. The van der Waals surface area contributed by atoms with Gasteiger partial charge in [-0.25, -0.2) is 4.39 Å². The van der Waals surface area contributed by atoms with Gasteiger partial charge in [0.1, 0.15) is 0 Å². The van der Waals surface area contributed by atoms with Crippen LogP contribution in [-0.4, -0.2) is 11.5 Å². The average molecular weight is 112 g/mol. The first-order valence-electron chi connectivity index (χ1n) is 1.22. The normalized spacial score (nSPS) is 13.7. The van der Waals surface area contributed by atoms with Crippen molar-refractivity contribution in [3.8, 4) is 0 Å². The van der Waals surface area contributed by atoms with Crippen molar-refractivity contribution < 1.29 is 9.18 Å². The molecule has 36 valence electrons. The lowest BCUT2D eigenvalue weighted by molar-refractivity contribution is -0.120. The molecule has 2 N–H and O–H groups in total. The summed E-state index contributed by atoms with van der Waals surface area (Å²) >= 11 is 4.47. The van der Waals surface area contributed by atoms with Crippen molar-refractivity contribution in [2.45, 2.75) is 5.63 Å². The van der Waals surface area contributed by atoms with Gasteiger partial charge in [-0.1, -0.05) is 11.6 Å². The number of alkyl halides is 2. The minimum absolute atomic E-state index is 1.14. The predicted octanol–water partition coefficient (Wildman–Crippen LogP) is 0.00610. The van der Waals surface area contributed by atoms with E-state index in [1.807, 2.05) is 0 Å². The molecule has 0 aromatic heterocycles. The first kappa shape index (κ1) is 5.69. The van der Waals surface area contributed by atoms with Crippen LogP contribution in [0.3, 0.4) is 0 Å². The Labute approximate surface area is 39.1 Å². The summed E-state index contributed by atoms with van der Waals surface area (Å²) in [5.74, 6) is -1.14. The molecule has 0 heterocycles. The van der Waals surface area contributed by atoms with E-state index in [0.29, 0.717) is 0 Å². The molecule has 0 fully saturated rings. The van der Waals surface area contributed by atoms with Crippen molar-refractivity contribution in [2.75, 3.05) is 0 Å². The number of amides is 1. The zero-order valence-electron chi connectivity index (χ0n) is 2.82. The van der Waals surface area contributed by atoms with Gasteiger partial charge in [0.05, 0.1) is 0 Å². The largest absolute Gasteiger partial charge is 0.366 e. The van der Waals surface area contributed by atoms with E-state index in [9.17, 15) is 9.18 Å². The smallest absolute Gasteiger partial charge is 0.267 e. The van der Waals surface area contributed by atoms with Crippen LogP contribution >= 0.6 is 11.6 Å². The topological polar surface area (TPSA) is 43.1 Å². The molecule has 0 radical (unpaired) electrons. The van der Waals surface area contributed by atoms with Crippen LogP contribution in [0.15, 0.2) is 0 Å². The minimum Gasteiger partial charge on any atom is -0.366 e. The number of rotatable bonds is 1. The molecule has 0 aliphatic rings. The van der Waals surface area contributed by atoms with E-state index in [1.165, 1.54) is 0 Å². The number of nitrogens with two attached hydrogens (primary N) is 1. The Morgan fingerprint density at radius 2 is 2.17 bits per heavy atom. The van der Waals surface area contributed by atoms with E-state index < -0.39 is 11.5 Å². The van der Waals surface area contributed by atoms with Gasteiger partial charge in [-0.15, -0.1) is 0 Å². The number of hydrogen-bond donors (Lipinski definition) is 1. The Balaban J connectivity index is 3.26. The summed E-state index contributed by atoms with van der Waals surface area (Å²) in [6, 6.07) is 0. The fraction of sp³-hybridized carbons (Fsp3) is 0.500. The van der Waals surface area contributed by atoms with E-state index in [-0.39, 0.29) is 0 Å². The van der Waals surface area contributed by atoms with Crippen molar-refractivity contribution >= 4 is 17.5 Å². The lowest BCUT2D eigenvalue weighted by atomic mass is 10.7. The van der Waals surface area contributed by atoms with E-state index in [4.69, 9.17) is 0 Å². The zero-order valence-corrected chi connectivity index (χ0v) is 3.57. The zero-order chi connectivity index (χ0) is 5.15. The quantitative estimate of drug-likeness (QED) is 0.476. The second kappa shape index (κ2) is 1.97. The van der Waals surface area contributed by atoms with Crippen molar-refractivity contribution in [1.82, 2.24) is 0 Å². The van der Waals surface area contributed by atoms with Gasteiger partial charge in [0, 0.05) is 0 Å². The highest BCUT2D eigenvalue weighted by Gasteiger charge is 2.04. The maximum Gasteiger partial charge on any atom is 0.267 e. The van der Waals surface area contributed by atoms with E-state index in [0.717, 1.165) is 0 Å². The molecule has 0 rings (SSSR count). The molecule has 0 saturated heterocycles. The summed E-state index contributed by atoms with van der Waals surface area (Å²) in [6.07, 6.45) is 0. The summed E-state index contributed by atoms with van der Waals surface area (Å²) < 4.78 is 11.1. The van der Waals surface area contributed by atoms with Gasteiger partial charge in [0.15, 0.2) is 0 Å². The fourth-order valence-electron chi connectivity index (χ4n) is 0. The Morgan fingerprint density at radius 1 is 2.00 bits per heavy atom. The molecule has 2 nitrogen and oxygen atoms in total. The molecule has 0 spiro atoms. The summed E-state index contributed by atoms with van der Waals surface area (Å²) in [4.78, 5) is 9.41. The van der Waals surface area contributed by atoms with Crippen molar-refractivity contribution in [2.24, 2.45) is 5.73 Å². The SMILES string of the molecule is NC(=O)[C@@H](F)Cl. The van der Waals surface area contributed by atoms with Crippen LogP contribution < -0.4 is 5.73 Å². The molecule has 6 heavy (non-hydrogen) atoms. The summed E-state index contributed by atoms with van der Waals surface area (Å²) in [7, 11) is 0. The van der Waals surface area contributed by atoms with Crippen LogP contribution in [0.2, 0.25) is 0 Å². The fourth-order valence-corrected chi connectivity index (χ4v) is 0. The first-order chi connectivity index (χ1) is 2.64. The molecule has 4 heteroatoms. The summed E-state index contributed by atoms with van der Waals surface area (Å²) in [5, 5.41) is 0. The molecule has 0 unspecified atom stereocenters. The van der Waals surface area contributed by atoms with Crippen molar-refractivity contribution in [1.29, 1.82) is 0 Å². The standard InChI is InChI=1S/C2H3ClFNO/c3-1(4)2(5)6/h1H,(H2,5,6)/t1-/m1/s1. The van der Waals surface area contributed by atoms with Crippen molar-refractivity contribution in [3.05, 3.63) is 0 Å². The van der Waals surface area contributed by atoms with E-state index in [2.05, 4.69) is 17.3 Å². The molecule has 0 aromatic carbocycles. The van der Waals surface area contributed by atoms with Gasteiger partial charge < -0.3 is 5.73 Å². The van der Waals surface area contributed by atoms with Crippen LogP contribution in [0.4, 0.5) is 4.39 Å². The Bertz CT molecular complexity index is 64.6. The molecular formula is C2H3ClFNO. The first-order valence-corrected chi connectivity index (χ1v) is 1.65. The number of halogens is 2. The van der Waals surface area contributed by atoms with Gasteiger partial charge in [-0.2, -0.15) is 0 Å².